The minimum absolute atomic E-state index is 0.467. The molecule has 1 aromatic heterocycles. The number of ether oxygens (including phenoxy) is 1. The number of hydrogen-bond donors (Lipinski definition) is 1. The quantitative estimate of drug-likeness (QED) is 0.570. The van der Waals surface area contributed by atoms with Gasteiger partial charge in [-0.2, -0.15) is 5.26 Å². The van der Waals surface area contributed by atoms with Gasteiger partial charge in [-0.3, -0.25) is 0 Å². The maximum absolute atomic E-state index is 8.83. The van der Waals surface area contributed by atoms with Crippen LogP contribution in [-0.2, 0) is 6.61 Å². The maximum atomic E-state index is 8.83. The molecule has 0 aliphatic rings. The van der Waals surface area contributed by atoms with Gasteiger partial charge in [0.2, 0.25) is 0 Å². The summed E-state index contributed by atoms with van der Waals surface area (Å²) in [4.78, 5) is 8.00. The number of imidazole rings is 1. The van der Waals surface area contributed by atoms with E-state index in [2.05, 4.69) is 35.1 Å². The van der Waals surface area contributed by atoms with E-state index in [1.54, 1.807) is 12.1 Å². The zero-order chi connectivity index (χ0) is 17.9. The molecule has 0 saturated heterocycles. The van der Waals surface area contributed by atoms with Crippen molar-refractivity contribution in [2.75, 3.05) is 0 Å². The van der Waals surface area contributed by atoms with E-state index in [-0.39, 0.29) is 0 Å². The normalized spacial score (nSPS) is 10.6. The number of fused-ring (bicyclic) bond motifs is 1. The third-order valence-corrected chi connectivity index (χ3v) is 4.25. The summed E-state index contributed by atoms with van der Waals surface area (Å²) in [6.07, 6.45) is 0. The summed E-state index contributed by atoms with van der Waals surface area (Å²) in [5, 5.41) is 8.83. The van der Waals surface area contributed by atoms with E-state index in [1.165, 1.54) is 5.56 Å². The Morgan fingerprint density at radius 1 is 1.00 bits per heavy atom. The molecule has 4 aromatic rings. The molecule has 0 atom stereocenters. The second-order valence-electron chi connectivity index (χ2n) is 6.23. The molecule has 4 heteroatoms. The summed E-state index contributed by atoms with van der Waals surface area (Å²) in [6, 6.07) is 23.6. The first-order valence-electron chi connectivity index (χ1n) is 8.40. The van der Waals surface area contributed by atoms with Gasteiger partial charge in [-0.05, 0) is 66.6 Å². The van der Waals surface area contributed by atoms with Crippen molar-refractivity contribution < 1.29 is 4.74 Å². The summed E-state index contributed by atoms with van der Waals surface area (Å²) in [5.74, 6) is 1.65. The summed E-state index contributed by atoms with van der Waals surface area (Å²) in [5.41, 5.74) is 5.91. The standard InChI is InChI=1S/C22H17N3O/c1-15-2-11-20-21(12-15)25-22(24-20)18-7-9-19(10-8-18)26-14-17-5-3-16(13-23)4-6-17/h2-12H,14H2,1H3,(H,24,25). The molecule has 0 bridgehead atoms. The summed E-state index contributed by atoms with van der Waals surface area (Å²) in [7, 11) is 0. The van der Waals surface area contributed by atoms with Crippen molar-refractivity contribution in [3.63, 3.8) is 0 Å². The minimum atomic E-state index is 0.467. The third-order valence-electron chi connectivity index (χ3n) is 4.25. The van der Waals surface area contributed by atoms with Gasteiger partial charge in [-0.1, -0.05) is 18.2 Å². The average Bonchev–Trinajstić information content (AvgIpc) is 3.10. The number of nitrogens with zero attached hydrogens (tertiary/aromatic N) is 2. The van der Waals surface area contributed by atoms with Crippen molar-refractivity contribution in [1.82, 2.24) is 9.97 Å². The van der Waals surface area contributed by atoms with Crippen molar-refractivity contribution in [2.24, 2.45) is 0 Å². The van der Waals surface area contributed by atoms with Crippen LogP contribution in [0.2, 0.25) is 0 Å². The van der Waals surface area contributed by atoms with Crippen LogP contribution in [0.3, 0.4) is 0 Å². The summed E-state index contributed by atoms with van der Waals surface area (Å²) >= 11 is 0. The van der Waals surface area contributed by atoms with Gasteiger partial charge in [0.25, 0.3) is 0 Å². The second-order valence-corrected chi connectivity index (χ2v) is 6.23. The molecule has 126 valence electrons. The molecule has 1 N–H and O–H groups in total. The molecule has 3 aromatic carbocycles. The van der Waals surface area contributed by atoms with Gasteiger partial charge in [0.15, 0.2) is 0 Å². The molecular formula is C22H17N3O. The van der Waals surface area contributed by atoms with Crippen molar-refractivity contribution in [3.05, 3.63) is 83.4 Å². The van der Waals surface area contributed by atoms with Gasteiger partial charge >= 0.3 is 0 Å². The molecule has 0 aliphatic carbocycles. The highest BCUT2D eigenvalue weighted by molar-refractivity contribution is 5.80. The van der Waals surface area contributed by atoms with Crippen molar-refractivity contribution in [2.45, 2.75) is 13.5 Å². The average molecular weight is 339 g/mol. The number of hydrogen-bond acceptors (Lipinski definition) is 3. The Labute approximate surface area is 151 Å². The molecule has 0 radical (unpaired) electrons. The molecule has 0 fully saturated rings. The molecular weight excluding hydrogens is 322 g/mol. The fourth-order valence-electron chi connectivity index (χ4n) is 2.81. The molecule has 0 amide bonds. The molecule has 0 unspecified atom stereocenters. The van der Waals surface area contributed by atoms with Crippen LogP contribution in [0, 0.1) is 18.3 Å². The zero-order valence-electron chi connectivity index (χ0n) is 14.4. The zero-order valence-corrected chi connectivity index (χ0v) is 14.4. The van der Waals surface area contributed by atoms with Crippen LogP contribution in [0.25, 0.3) is 22.4 Å². The Kier molecular flexibility index (Phi) is 4.12. The molecule has 1 heterocycles. The number of aromatic nitrogens is 2. The lowest BCUT2D eigenvalue weighted by Gasteiger charge is -2.07. The first kappa shape index (κ1) is 15.9. The molecule has 0 saturated carbocycles. The van der Waals surface area contributed by atoms with E-state index >= 15 is 0 Å². The summed E-state index contributed by atoms with van der Waals surface area (Å²) in [6.45, 7) is 2.54. The SMILES string of the molecule is Cc1ccc2nc(-c3ccc(OCc4ccc(C#N)cc4)cc3)[nH]c2c1. The minimum Gasteiger partial charge on any atom is -0.489 e. The van der Waals surface area contributed by atoms with Gasteiger partial charge in [0.05, 0.1) is 22.7 Å². The Bertz CT molecular complexity index is 1090. The smallest absolute Gasteiger partial charge is 0.138 e. The van der Waals surface area contributed by atoms with Crippen LogP contribution in [0.15, 0.2) is 66.7 Å². The lowest BCUT2D eigenvalue weighted by atomic mass is 10.1. The first-order valence-corrected chi connectivity index (χ1v) is 8.40. The predicted molar refractivity (Wildman–Crippen MR) is 102 cm³/mol. The van der Waals surface area contributed by atoms with Crippen molar-refractivity contribution >= 4 is 11.0 Å². The highest BCUT2D eigenvalue weighted by atomic mass is 16.5. The van der Waals surface area contributed by atoms with Crippen LogP contribution < -0.4 is 4.74 Å². The van der Waals surface area contributed by atoms with Crippen molar-refractivity contribution in [3.8, 4) is 23.2 Å². The Hall–Kier alpha value is -3.58. The van der Waals surface area contributed by atoms with E-state index in [1.807, 2.05) is 42.5 Å². The van der Waals surface area contributed by atoms with E-state index < -0.39 is 0 Å². The number of aromatic amines is 1. The summed E-state index contributed by atoms with van der Waals surface area (Å²) < 4.78 is 5.82. The van der Waals surface area contributed by atoms with E-state index in [0.717, 1.165) is 33.7 Å². The fraction of sp³-hybridized carbons (Fsp3) is 0.0909. The van der Waals surface area contributed by atoms with Gasteiger partial charge in [0.1, 0.15) is 18.2 Å². The highest BCUT2D eigenvalue weighted by Gasteiger charge is 2.06. The van der Waals surface area contributed by atoms with Crippen LogP contribution in [-0.4, -0.2) is 9.97 Å². The number of benzene rings is 3. The number of nitrogens with one attached hydrogen (secondary N) is 1. The lowest BCUT2D eigenvalue weighted by Crippen LogP contribution is -1.95. The van der Waals surface area contributed by atoms with E-state index in [4.69, 9.17) is 10.00 Å². The van der Waals surface area contributed by atoms with Crippen LogP contribution >= 0.6 is 0 Å². The number of nitriles is 1. The van der Waals surface area contributed by atoms with Crippen molar-refractivity contribution in [1.29, 1.82) is 5.26 Å². The Morgan fingerprint density at radius 2 is 1.77 bits per heavy atom. The molecule has 0 aliphatic heterocycles. The highest BCUT2D eigenvalue weighted by Crippen LogP contribution is 2.24. The Morgan fingerprint density at radius 3 is 2.50 bits per heavy atom. The molecule has 0 spiro atoms. The van der Waals surface area contributed by atoms with Gasteiger partial charge < -0.3 is 9.72 Å². The predicted octanol–water partition coefficient (Wildman–Crippen LogP) is 4.99. The van der Waals surface area contributed by atoms with Gasteiger partial charge in [0, 0.05) is 5.56 Å². The Balaban J connectivity index is 1.47. The molecule has 26 heavy (non-hydrogen) atoms. The lowest BCUT2D eigenvalue weighted by molar-refractivity contribution is 0.306. The fourth-order valence-corrected chi connectivity index (χ4v) is 2.81. The number of rotatable bonds is 4. The van der Waals surface area contributed by atoms with Gasteiger partial charge in [-0.25, -0.2) is 4.98 Å². The van der Waals surface area contributed by atoms with E-state index in [9.17, 15) is 0 Å². The monoisotopic (exact) mass is 339 g/mol. The molecule has 4 nitrogen and oxygen atoms in total. The van der Waals surface area contributed by atoms with Crippen LogP contribution in [0.4, 0.5) is 0 Å². The largest absolute Gasteiger partial charge is 0.489 e. The van der Waals surface area contributed by atoms with E-state index in [0.29, 0.717) is 12.2 Å². The maximum Gasteiger partial charge on any atom is 0.138 e. The second kappa shape index (κ2) is 6.73. The van der Waals surface area contributed by atoms with Gasteiger partial charge in [-0.15, -0.1) is 0 Å². The number of H-pyrrole nitrogens is 1. The third kappa shape index (κ3) is 3.28. The van der Waals surface area contributed by atoms with Crippen LogP contribution in [0.1, 0.15) is 16.7 Å². The van der Waals surface area contributed by atoms with Crippen LogP contribution in [0.5, 0.6) is 5.75 Å². The first-order chi connectivity index (χ1) is 12.7. The molecule has 4 rings (SSSR count). The number of aryl methyl sites for hydroxylation is 1. The topological polar surface area (TPSA) is 61.7 Å².